The zero-order valence-corrected chi connectivity index (χ0v) is 12.7. The third-order valence-electron chi connectivity index (χ3n) is 4.00. The second kappa shape index (κ2) is 5.71. The van der Waals surface area contributed by atoms with Crippen molar-refractivity contribution in [1.82, 2.24) is 4.90 Å². The predicted octanol–water partition coefficient (Wildman–Crippen LogP) is 2.97. The highest BCUT2D eigenvalue weighted by Gasteiger charge is 2.32. The lowest BCUT2D eigenvalue weighted by atomic mass is 9.72. The maximum atomic E-state index is 6.35. The van der Waals surface area contributed by atoms with Crippen molar-refractivity contribution in [3.8, 4) is 0 Å². The largest absolute Gasteiger partial charge is 0.327 e. The van der Waals surface area contributed by atoms with E-state index in [0.717, 1.165) is 24.9 Å². The fraction of sp³-hybridized carbons (Fsp3) is 1.00. The monoisotopic (exact) mass is 240 g/mol. The molecule has 1 rings (SSSR count). The molecule has 0 aromatic heterocycles. The quantitative estimate of drug-likeness (QED) is 0.822. The first-order valence-corrected chi connectivity index (χ1v) is 7.13. The Balaban J connectivity index is 2.49. The molecule has 102 valence electrons. The Bertz CT molecular complexity index is 220. The lowest BCUT2D eigenvalue weighted by molar-refractivity contribution is 0.113. The molecule has 0 radical (unpaired) electrons. The average molecular weight is 240 g/mol. The molecule has 4 atom stereocenters. The second-order valence-corrected chi connectivity index (χ2v) is 7.64. The van der Waals surface area contributed by atoms with E-state index in [1.165, 1.54) is 12.8 Å². The van der Waals surface area contributed by atoms with Crippen LogP contribution in [0.15, 0.2) is 0 Å². The van der Waals surface area contributed by atoms with Gasteiger partial charge in [-0.2, -0.15) is 0 Å². The zero-order valence-electron chi connectivity index (χ0n) is 12.7. The fourth-order valence-electron chi connectivity index (χ4n) is 3.52. The average Bonchev–Trinajstić information content (AvgIpc) is 2.08. The summed E-state index contributed by atoms with van der Waals surface area (Å²) in [4.78, 5) is 2.47. The van der Waals surface area contributed by atoms with Crippen LogP contribution in [0.25, 0.3) is 0 Å². The minimum atomic E-state index is 0.379. The van der Waals surface area contributed by atoms with Crippen molar-refractivity contribution in [2.45, 2.75) is 53.5 Å². The van der Waals surface area contributed by atoms with E-state index in [2.05, 4.69) is 46.6 Å². The predicted molar refractivity (Wildman–Crippen MR) is 76.0 cm³/mol. The van der Waals surface area contributed by atoms with Gasteiger partial charge in [0, 0.05) is 19.1 Å². The van der Waals surface area contributed by atoms with Crippen LogP contribution < -0.4 is 5.73 Å². The molecule has 0 aromatic carbocycles. The molecule has 0 saturated heterocycles. The van der Waals surface area contributed by atoms with Crippen LogP contribution in [0.5, 0.6) is 0 Å². The van der Waals surface area contributed by atoms with Gasteiger partial charge in [-0.05, 0) is 43.1 Å². The van der Waals surface area contributed by atoms with E-state index in [0.29, 0.717) is 17.4 Å². The van der Waals surface area contributed by atoms with Gasteiger partial charge in [0.15, 0.2) is 0 Å². The fourth-order valence-corrected chi connectivity index (χ4v) is 3.52. The van der Waals surface area contributed by atoms with Crippen molar-refractivity contribution in [3.63, 3.8) is 0 Å². The van der Waals surface area contributed by atoms with Crippen LogP contribution in [0.1, 0.15) is 47.5 Å². The Morgan fingerprint density at radius 2 is 1.76 bits per heavy atom. The van der Waals surface area contributed by atoms with Crippen LogP contribution in [0, 0.1) is 23.2 Å². The number of hydrogen-bond acceptors (Lipinski definition) is 2. The lowest BCUT2D eigenvalue weighted by Gasteiger charge is -2.40. The lowest BCUT2D eigenvalue weighted by Crippen LogP contribution is -2.47. The van der Waals surface area contributed by atoms with Gasteiger partial charge in [-0.3, -0.25) is 0 Å². The highest BCUT2D eigenvalue weighted by Crippen LogP contribution is 2.33. The van der Waals surface area contributed by atoms with Gasteiger partial charge in [-0.1, -0.05) is 34.6 Å². The summed E-state index contributed by atoms with van der Waals surface area (Å²) in [6.45, 7) is 13.9. The van der Waals surface area contributed by atoms with E-state index in [4.69, 9.17) is 5.73 Å². The van der Waals surface area contributed by atoms with Gasteiger partial charge in [-0.15, -0.1) is 0 Å². The van der Waals surface area contributed by atoms with E-state index in [1.54, 1.807) is 0 Å². The summed E-state index contributed by atoms with van der Waals surface area (Å²) in [5.74, 6) is 2.26. The Hall–Kier alpha value is -0.0800. The highest BCUT2D eigenvalue weighted by atomic mass is 15.1. The molecular weight excluding hydrogens is 208 g/mol. The summed E-state index contributed by atoms with van der Waals surface area (Å²) in [6.07, 6.45) is 2.56. The summed E-state index contributed by atoms with van der Waals surface area (Å²) in [6, 6.07) is 0.399. The molecule has 0 bridgehead atoms. The molecule has 2 nitrogen and oxygen atoms in total. The van der Waals surface area contributed by atoms with Crippen molar-refractivity contribution < 1.29 is 0 Å². The summed E-state index contributed by atoms with van der Waals surface area (Å²) in [5, 5.41) is 0. The molecule has 1 aliphatic rings. The van der Waals surface area contributed by atoms with E-state index in [9.17, 15) is 0 Å². The minimum Gasteiger partial charge on any atom is -0.327 e. The van der Waals surface area contributed by atoms with Gasteiger partial charge >= 0.3 is 0 Å². The number of nitrogens with two attached hydrogens (primary N) is 1. The van der Waals surface area contributed by atoms with E-state index < -0.39 is 0 Å². The summed E-state index contributed by atoms with van der Waals surface area (Å²) in [7, 11) is 2.24. The maximum absolute atomic E-state index is 6.35. The molecule has 4 unspecified atom stereocenters. The first-order chi connectivity index (χ1) is 7.69. The molecule has 0 aromatic rings. The molecule has 17 heavy (non-hydrogen) atoms. The standard InChI is InChI=1S/C15H32N2/c1-11-7-12(2)13(14(16)8-11)9-17(6)10-15(3,4)5/h11-14H,7-10,16H2,1-6H3. The molecule has 0 amide bonds. The number of nitrogens with zero attached hydrogens (tertiary/aromatic N) is 1. The Kier molecular flexibility index (Phi) is 5.03. The zero-order chi connectivity index (χ0) is 13.2. The molecule has 2 heteroatoms. The summed E-state index contributed by atoms with van der Waals surface area (Å²) >= 11 is 0. The summed E-state index contributed by atoms with van der Waals surface area (Å²) in [5.41, 5.74) is 6.72. The molecule has 0 aliphatic heterocycles. The number of rotatable bonds is 3. The van der Waals surface area contributed by atoms with Crippen molar-refractivity contribution in [3.05, 3.63) is 0 Å². The van der Waals surface area contributed by atoms with Crippen LogP contribution in [-0.4, -0.2) is 31.1 Å². The van der Waals surface area contributed by atoms with Gasteiger partial charge in [0.1, 0.15) is 0 Å². The third-order valence-corrected chi connectivity index (χ3v) is 4.00. The normalized spacial score (nSPS) is 35.3. The van der Waals surface area contributed by atoms with Crippen LogP contribution >= 0.6 is 0 Å². The van der Waals surface area contributed by atoms with E-state index in [-0.39, 0.29) is 0 Å². The Labute approximate surface area is 108 Å². The number of hydrogen-bond donors (Lipinski definition) is 1. The molecule has 1 aliphatic carbocycles. The Morgan fingerprint density at radius 1 is 1.18 bits per heavy atom. The topological polar surface area (TPSA) is 29.3 Å². The smallest absolute Gasteiger partial charge is 0.00844 e. The van der Waals surface area contributed by atoms with Crippen molar-refractivity contribution in [2.24, 2.45) is 28.9 Å². The maximum Gasteiger partial charge on any atom is 0.00844 e. The van der Waals surface area contributed by atoms with Crippen LogP contribution in [0.2, 0.25) is 0 Å². The minimum absolute atomic E-state index is 0.379. The molecule has 1 saturated carbocycles. The SMILES string of the molecule is CC1CC(C)C(CN(C)CC(C)(C)C)C(N)C1. The molecule has 0 spiro atoms. The van der Waals surface area contributed by atoms with Gasteiger partial charge in [0.05, 0.1) is 0 Å². The Morgan fingerprint density at radius 3 is 2.24 bits per heavy atom. The molecule has 0 heterocycles. The van der Waals surface area contributed by atoms with Crippen molar-refractivity contribution >= 4 is 0 Å². The first kappa shape index (κ1) is 15.0. The summed E-state index contributed by atoms with van der Waals surface area (Å²) < 4.78 is 0. The van der Waals surface area contributed by atoms with Crippen molar-refractivity contribution in [2.75, 3.05) is 20.1 Å². The molecule has 2 N–H and O–H groups in total. The van der Waals surface area contributed by atoms with Gasteiger partial charge in [0.2, 0.25) is 0 Å². The van der Waals surface area contributed by atoms with Crippen LogP contribution in [0.3, 0.4) is 0 Å². The van der Waals surface area contributed by atoms with Crippen LogP contribution in [0.4, 0.5) is 0 Å². The van der Waals surface area contributed by atoms with Crippen molar-refractivity contribution in [1.29, 1.82) is 0 Å². The van der Waals surface area contributed by atoms with Gasteiger partial charge in [0.25, 0.3) is 0 Å². The molecule has 1 fully saturated rings. The third kappa shape index (κ3) is 4.97. The van der Waals surface area contributed by atoms with E-state index in [1.807, 2.05) is 0 Å². The highest BCUT2D eigenvalue weighted by molar-refractivity contribution is 4.87. The van der Waals surface area contributed by atoms with Gasteiger partial charge < -0.3 is 10.6 Å². The first-order valence-electron chi connectivity index (χ1n) is 7.13. The van der Waals surface area contributed by atoms with Crippen LogP contribution in [-0.2, 0) is 0 Å². The molecular formula is C15H32N2. The second-order valence-electron chi connectivity index (χ2n) is 7.64. The van der Waals surface area contributed by atoms with E-state index >= 15 is 0 Å². The van der Waals surface area contributed by atoms with Gasteiger partial charge in [-0.25, -0.2) is 0 Å².